The molecule has 0 aliphatic carbocycles. The van der Waals surface area contributed by atoms with Gasteiger partial charge in [0.25, 0.3) is 0 Å². The molecule has 6 heteroatoms. The van der Waals surface area contributed by atoms with Gasteiger partial charge in [-0.3, -0.25) is 9.69 Å². The van der Waals surface area contributed by atoms with E-state index >= 15 is 0 Å². The highest BCUT2D eigenvalue weighted by molar-refractivity contribution is 5.76. The number of carbonyl (C=O) groups excluding carboxylic acids is 1. The number of piperidine rings is 1. The average Bonchev–Trinajstić information content (AvgIpc) is 3.11. The lowest BCUT2D eigenvalue weighted by atomic mass is 9.95. The van der Waals surface area contributed by atoms with Crippen molar-refractivity contribution in [1.82, 2.24) is 19.4 Å². The summed E-state index contributed by atoms with van der Waals surface area (Å²) in [4.78, 5) is 21.1. The Kier molecular flexibility index (Phi) is 5.67. The first-order valence-corrected chi connectivity index (χ1v) is 8.77. The van der Waals surface area contributed by atoms with E-state index in [1.807, 2.05) is 15.7 Å². The zero-order chi connectivity index (χ0) is 16.1. The van der Waals surface area contributed by atoms with Crippen molar-refractivity contribution in [2.75, 3.05) is 45.9 Å². The highest BCUT2D eigenvalue weighted by Gasteiger charge is 2.25. The number of hydrogen-bond acceptors (Lipinski definition) is 4. The highest BCUT2D eigenvalue weighted by atomic mass is 16.5. The molecular formula is C17H28N4O2. The minimum absolute atomic E-state index is 0.177. The Hall–Kier alpha value is -1.40. The molecule has 23 heavy (non-hydrogen) atoms. The van der Waals surface area contributed by atoms with Crippen LogP contribution in [0.15, 0.2) is 18.7 Å². The fourth-order valence-electron chi connectivity index (χ4n) is 3.53. The molecule has 0 aromatic carbocycles. The molecule has 0 unspecified atom stereocenters. The van der Waals surface area contributed by atoms with Crippen molar-refractivity contribution in [3.63, 3.8) is 0 Å². The van der Waals surface area contributed by atoms with Gasteiger partial charge in [-0.25, -0.2) is 4.98 Å². The lowest BCUT2D eigenvalue weighted by Gasteiger charge is -2.36. The molecule has 3 rings (SSSR count). The van der Waals surface area contributed by atoms with Gasteiger partial charge in [0.05, 0.1) is 19.5 Å². The third-order valence-electron chi connectivity index (χ3n) is 5.09. The molecule has 3 heterocycles. The molecule has 1 aromatic heterocycles. The van der Waals surface area contributed by atoms with E-state index in [1.165, 1.54) is 0 Å². The fraction of sp³-hybridized carbons (Fsp3) is 0.765. The maximum atomic E-state index is 12.5. The van der Waals surface area contributed by atoms with Crippen LogP contribution in [-0.4, -0.2) is 71.2 Å². The molecule has 0 bridgehead atoms. The summed E-state index contributed by atoms with van der Waals surface area (Å²) in [6, 6.07) is 0.177. The summed E-state index contributed by atoms with van der Waals surface area (Å²) in [5, 5.41) is 0. The van der Waals surface area contributed by atoms with Gasteiger partial charge in [-0.15, -0.1) is 0 Å². The van der Waals surface area contributed by atoms with Gasteiger partial charge in [-0.2, -0.15) is 0 Å². The Bertz CT molecular complexity index is 477. The molecule has 2 aliphatic heterocycles. The first kappa shape index (κ1) is 16.5. The molecule has 2 fully saturated rings. The molecule has 1 amide bonds. The van der Waals surface area contributed by atoms with Crippen LogP contribution in [0.4, 0.5) is 0 Å². The van der Waals surface area contributed by atoms with Crippen LogP contribution >= 0.6 is 0 Å². The molecule has 6 nitrogen and oxygen atoms in total. The van der Waals surface area contributed by atoms with Gasteiger partial charge in [-0.1, -0.05) is 0 Å². The zero-order valence-electron chi connectivity index (χ0n) is 14.1. The van der Waals surface area contributed by atoms with Gasteiger partial charge in [0.2, 0.25) is 5.91 Å². The van der Waals surface area contributed by atoms with E-state index in [4.69, 9.17) is 4.74 Å². The predicted octanol–water partition coefficient (Wildman–Crippen LogP) is 1.41. The standard InChI is InChI=1S/C17H28N4O2/c1-15(21-7-4-18-14-21)12-17(22)20-5-2-16(3-6-20)13-19-8-10-23-11-9-19/h4,7,14-16H,2-3,5-6,8-13H2,1H3/t15-/m1/s1. The van der Waals surface area contributed by atoms with Gasteiger partial charge in [0, 0.05) is 57.6 Å². The van der Waals surface area contributed by atoms with Gasteiger partial charge < -0.3 is 14.2 Å². The van der Waals surface area contributed by atoms with Crippen molar-refractivity contribution >= 4 is 5.91 Å². The number of imidazole rings is 1. The Morgan fingerprint density at radius 2 is 2.00 bits per heavy atom. The summed E-state index contributed by atoms with van der Waals surface area (Å²) >= 11 is 0. The molecule has 1 aromatic rings. The van der Waals surface area contributed by atoms with Crippen molar-refractivity contribution in [3.8, 4) is 0 Å². The number of carbonyl (C=O) groups is 1. The molecule has 2 saturated heterocycles. The van der Waals surface area contributed by atoms with Crippen LogP contribution < -0.4 is 0 Å². The SMILES string of the molecule is C[C@H](CC(=O)N1CCC(CN2CCOCC2)CC1)n1ccnc1. The van der Waals surface area contributed by atoms with Crippen molar-refractivity contribution in [3.05, 3.63) is 18.7 Å². The van der Waals surface area contributed by atoms with Crippen LogP contribution in [0.2, 0.25) is 0 Å². The van der Waals surface area contributed by atoms with Crippen LogP contribution in [0.3, 0.4) is 0 Å². The minimum atomic E-state index is 0.177. The van der Waals surface area contributed by atoms with Crippen LogP contribution in [0, 0.1) is 5.92 Å². The largest absolute Gasteiger partial charge is 0.379 e. The molecule has 2 aliphatic rings. The molecule has 0 spiro atoms. The number of hydrogen-bond donors (Lipinski definition) is 0. The monoisotopic (exact) mass is 320 g/mol. The van der Waals surface area contributed by atoms with E-state index in [0.717, 1.165) is 64.7 Å². The van der Waals surface area contributed by atoms with E-state index in [-0.39, 0.29) is 11.9 Å². The second-order valence-electron chi connectivity index (χ2n) is 6.80. The third kappa shape index (κ3) is 4.54. The molecule has 128 valence electrons. The molecule has 0 N–H and O–H groups in total. The van der Waals surface area contributed by atoms with E-state index in [1.54, 1.807) is 12.5 Å². The highest BCUT2D eigenvalue weighted by Crippen LogP contribution is 2.21. The minimum Gasteiger partial charge on any atom is -0.379 e. The van der Waals surface area contributed by atoms with Crippen LogP contribution in [-0.2, 0) is 9.53 Å². The second kappa shape index (κ2) is 7.93. The Morgan fingerprint density at radius 3 is 2.65 bits per heavy atom. The first-order chi connectivity index (χ1) is 11.2. The van der Waals surface area contributed by atoms with E-state index in [9.17, 15) is 4.79 Å². The summed E-state index contributed by atoms with van der Waals surface area (Å²) in [6.07, 6.45) is 8.28. The van der Waals surface area contributed by atoms with E-state index in [0.29, 0.717) is 6.42 Å². The summed E-state index contributed by atoms with van der Waals surface area (Å²) in [6.45, 7) is 8.90. The summed E-state index contributed by atoms with van der Waals surface area (Å²) in [5.41, 5.74) is 0. The topological polar surface area (TPSA) is 50.6 Å². The lowest BCUT2D eigenvalue weighted by Crippen LogP contribution is -2.44. The summed E-state index contributed by atoms with van der Waals surface area (Å²) < 4.78 is 7.41. The van der Waals surface area contributed by atoms with Gasteiger partial charge >= 0.3 is 0 Å². The molecule has 1 atom stereocenters. The van der Waals surface area contributed by atoms with Crippen LogP contribution in [0.5, 0.6) is 0 Å². The third-order valence-corrected chi connectivity index (χ3v) is 5.09. The van der Waals surface area contributed by atoms with E-state index < -0.39 is 0 Å². The number of rotatable bonds is 5. The lowest BCUT2D eigenvalue weighted by molar-refractivity contribution is -0.133. The molecular weight excluding hydrogens is 292 g/mol. The van der Waals surface area contributed by atoms with Crippen LogP contribution in [0.25, 0.3) is 0 Å². The normalized spacial score (nSPS) is 22.2. The smallest absolute Gasteiger partial charge is 0.224 e. The van der Waals surface area contributed by atoms with Crippen molar-refractivity contribution in [1.29, 1.82) is 0 Å². The Labute approximate surface area is 138 Å². The number of aromatic nitrogens is 2. The predicted molar refractivity (Wildman–Crippen MR) is 88.1 cm³/mol. The van der Waals surface area contributed by atoms with Crippen molar-refractivity contribution in [2.24, 2.45) is 5.92 Å². The van der Waals surface area contributed by atoms with Crippen molar-refractivity contribution in [2.45, 2.75) is 32.2 Å². The zero-order valence-corrected chi connectivity index (χ0v) is 14.1. The number of amides is 1. The first-order valence-electron chi connectivity index (χ1n) is 8.77. The Morgan fingerprint density at radius 1 is 1.26 bits per heavy atom. The van der Waals surface area contributed by atoms with Gasteiger partial charge in [0.15, 0.2) is 0 Å². The Balaban J connectivity index is 1.40. The maximum absolute atomic E-state index is 12.5. The van der Waals surface area contributed by atoms with Crippen molar-refractivity contribution < 1.29 is 9.53 Å². The number of likely N-dealkylation sites (tertiary alicyclic amines) is 1. The number of morpholine rings is 1. The quantitative estimate of drug-likeness (QED) is 0.823. The number of nitrogens with zero attached hydrogens (tertiary/aromatic N) is 4. The maximum Gasteiger partial charge on any atom is 0.224 e. The second-order valence-corrected chi connectivity index (χ2v) is 6.80. The van der Waals surface area contributed by atoms with Gasteiger partial charge in [0.1, 0.15) is 0 Å². The summed E-state index contributed by atoms with van der Waals surface area (Å²) in [7, 11) is 0. The average molecular weight is 320 g/mol. The van der Waals surface area contributed by atoms with E-state index in [2.05, 4.69) is 16.8 Å². The summed E-state index contributed by atoms with van der Waals surface area (Å²) in [5.74, 6) is 0.999. The van der Waals surface area contributed by atoms with Crippen LogP contribution in [0.1, 0.15) is 32.2 Å². The molecule has 0 radical (unpaired) electrons. The molecule has 0 saturated carbocycles. The van der Waals surface area contributed by atoms with Gasteiger partial charge in [-0.05, 0) is 25.7 Å². The fourth-order valence-corrected chi connectivity index (χ4v) is 3.53. The number of ether oxygens (including phenoxy) is 1.